The van der Waals surface area contributed by atoms with Gasteiger partial charge in [-0.05, 0) is 37.6 Å². The molecule has 0 fully saturated rings. The number of aryl methyl sites for hydroxylation is 1. The third kappa shape index (κ3) is 4.21. The SMILES string of the molecule is CCCC=CCOc1ccc(-c2ncc(C)s2)cc1. The van der Waals surface area contributed by atoms with Crippen LogP contribution in [0.1, 0.15) is 24.6 Å². The molecule has 0 saturated heterocycles. The minimum Gasteiger partial charge on any atom is -0.490 e. The van der Waals surface area contributed by atoms with Crippen molar-refractivity contribution in [3.05, 3.63) is 47.5 Å². The van der Waals surface area contributed by atoms with Gasteiger partial charge in [0.1, 0.15) is 17.4 Å². The van der Waals surface area contributed by atoms with Crippen LogP contribution in [0.15, 0.2) is 42.6 Å². The highest BCUT2D eigenvalue weighted by Gasteiger charge is 2.02. The molecule has 0 aliphatic carbocycles. The minimum atomic E-state index is 0.635. The Labute approximate surface area is 118 Å². The summed E-state index contributed by atoms with van der Waals surface area (Å²) < 4.78 is 5.64. The Morgan fingerprint density at radius 2 is 2.00 bits per heavy atom. The van der Waals surface area contributed by atoms with Crippen LogP contribution in [0.4, 0.5) is 0 Å². The molecule has 0 radical (unpaired) electrons. The fourth-order valence-corrected chi connectivity index (χ4v) is 2.45. The first-order valence-corrected chi connectivity index (χ1v) is 7.42. The molecule has 2 rings (SSSR count). The molecule has 1 heterocycles. The van der Waals surface area contributed by atoms with Gasteiger partial charge in [-0.25, -0.2) is 4.98 Å². The van der Waals surface area contributed by atoms with Gasteiger partial charge in [0.2, 0.25) is 0 Å². The zero-order valence-electron chi connectivity index (χ0n) is 11.4. The van der Waals surface area contributed by atoms with Gasteiger partial charge in [0.25, 0.3) is 0 Å². The Hall–Kier alpha value is -1.61. The summed E-state index contributed by atoms with van der Waals surface area (Å²) in [6.45, 7) is 4.88. The Bertz CT molecular complexity index is 528. The van der Waals surface area contributed by atoms with Gasteiger partial charge in [-0.3, -0.25) is 0 Å². The molecule has 0 unspecified atom stereocenters. The number of rotatable bonds is 6. The van der Waals surface area contributed by atoms with Gasteiger partial charge in [-0.2, -0.15) is 0 Å². The average molecular weight is 273 g/mol. The number of benzene rings is 1. The van der Waals surface area contributed by atoms with Crippen molar-refractivity contribution in [3.8, 4) is 16.3 Å². The molecule has 0 atom stereocenters. The van der Waals surface area contributed by atoms with E-state index >= 15 is 0 Å². The normalized spacial score (nSPS) is 11.1. The van der Waals surface area contributed by atoms with Crippen LogP contribution in [0.5, 0.6) is 5.75 Å². The summed E-state index contributed by atoms with van der Waals surface area (Å²) in [5.41, 5.74) is 1.15. The Kier molecular flexibility index (Phi) is 5.16. The quantitative estimate of drug-likeness (QED) is 0.702. The van der Waals surface area contributed by atoms with E-state index in [1.807, 2.05) is 18.3 Å². The van der Waals surface area contributed by atoms with E-state index in [-0.39, 0.29) is 0 Å². The number of hydrogen-bond donors (Lipinski definition) is 0. The molecule has 0 N–H and O–H groups in total. The van der Waals surface area contributed by atoms with Crippen molar-refractivity contribution in [3.63, 3.8) is 0 Å². The number of aromatic nitrogens is 1. The van der Waals surface area contributed by atoms with E-state index in [0.717, 1.165) is 22.7 Å². The second-order valence-corrected chi connectivity index (χ2v) is 5.61. The molecule has 0 aliphatic heterocycles. The van der Waals surface area contributed by atoms with E-state index in [1.54, 1.807) is 11.3 Å². The first-order chi connectivity index (χ1) is 9.29. The third-order valence-corrected chi connectivity index (χ3v) is 3.65. The van der Waals surface area contributed by atoms with Crippen LogP contribution in [0.2, 0.25) is 0 Å². The maximum Gasteiger partial charge on any atom is 0.123 e. The molecule has 19 heavy (non-hydrogen) atoms. The summed E-state index contributed by atoms with van der Waals surface area (Å²) >= 11 is 1.71. The second kappa shape index (κ2) is 7.10. The van der Waals surface area contributed by atoms with E-state index in [4.69, 9.17) is 4.74 Å². The third-order valence-electron chi connectivity index (χ3n) is 2.69. The molecular formula is C16H19NOS. The van der Waals surface area contributed by atoms with Gasteiger partial charge in [-0.15, -0.1) is 11.3 Å². The summed E-state index contributed by atoms with van der Waals surface area (Å²) in [6.07, 6.45) is 8.43. The summed E-state index contributed by atoms with van der Waals surface area (Å²) in [6, 6.07) is 8.12. The van der Waals surface area contributed by atoms with Crippen LogP contribution in [0, 0.1) is 6.92 Å². The molecule has 0 spiro atoms. The average Bonchev–Trinajstić information content (AvgIpc) is 2.86. The molecule has 1 aromatic carbocycles. The highest BCUT2D eigenvalue weighted by molar-refractivity contribution is 7.14. The van der Waals surface area contributed by atoms with E-state index in [2.05, 4.69) is 43.1 Å². The van der Waals surface area contributed by atoms with E-state index in [9.17, 15) is 0 Å². The zero-order chi connectivity index (χ0) is 13.5. The van der Waals surface area contributed by atoms with Crippen molar-refractivity contribution in [1.82, 2.24) is 4.98 Å². The van der Waals surface area contributed by atoms with Crippen LogP contribution in [0.25, 0.3) is 10.6 Å². The van der Waals surface area contributed by atoms with E-state index in [1.165, 1.54) is 11.3 Å². The van der Waals surface area contributed by atoms with E-state index < -0.39 is 0 Å². The van der Waals surface area contributed by atoms with Gasteiger partial charge in [0, 0.05) is 16.6 Å². The smallest absolute Gasteiger partial charge is 0.123 e. The lowest BCUT2D eigenvalue weighted by atomic mass is 10.2. The number of hydrogen-bond acceptors (Lipinski definition) is 3. The fourth-order valence-electron chi connectivity index (χ4n) is 1.68. The first kappa shape index (κ1) is 13.8. The van der Waals surface area contributed by atoms with Gasteiger partial charge < -0.3 is 4.74 Å². The highest BCUT2D eigenvalue weighted by Crippen LogP contribution is 2.26. The number of unbranched alkanes of at least 4 members (excludes halogenated alkanes) is 1. The van der Waals surface area contributed by atoms with Gasteiger partial charge in [0.05, 0.1) is 0 Å². The van der Waals surface area contributed by atoms with Crippen molar-refractivity contribution in [2.45, 2.75) is 26.7 Å². The number of allylic oxidation sites excluding steroid dienone is 1. The van der Waals surface area contributed by atoms with Crippen LogP contribution >= 0.6 is 11.3 Å². The lowest BCUT2D eigenvalue weighted by Crippen LogP contribution is -1.92. The van der Waals surface area contributed by atoms with Crippen LogP contribution < -0.4 is 4.74 Å². The molecule has 100 valence electrons. The fraction of sp³-hybridized carbons (Fsp3) is 0.312. The Balaban J connectivity index is 1.91. The lowest BCUT2D eigenvalue weighted by Gasteiger charge is -2.03. The number of nitrogens with zero attached hydrogens (tertiary/aromatic N) is 1. The molecule has 0 amide bonds. The Morgan fingerprint density at radius 1 is 1.21 bits per heavy atom. The van der Waals surface area contributed by atoms with Crippen LogP contribution in [0.3, 0.4) is 0 Å². The number of ether oxygens (including phenoxy) is 1. The van der Waals surface area contributed by atoms with Crippen LogP contribution in [-0.4, -0.2) is 11.6 Å². The van der Waals surface area contributed by atoms with Gasteiger partial charge in [0.15, 0.2) is 0 Å². The summed E-state index contributed by atoms with van der Waals surface area (Å²) in [4.78, 5) is 5.61. The van der Waals surface area contributed by atoms with Crippen LogP contribution in [-0.2, 0) is 0 Å². The molecule has 3 heteroatoms. The lowest BCUT2D eigenvalue weighted by molar-refractivity contribution is 0.362. The van der Waals surface area contributed by atoms with Crippen molar-refractivity contribution >= 4 is 11.3 Å². The monoisotopic (exact) mass is 273 g/mol. The molecule has 1 aromatic heterocycles. The molecule has 0 saturated carbocycles. The predicted molar refractivity (Wildman–Crippen MR) is 81.8 cm³/mol. The summed E-state index contributed by atoms with van der Waals surface area (Å²) in [5, 5.41) is 1.06. The summed E-state index contributed by atoms with van der Waals surface area (Å²) in [5.74, 6) is 0.901. The summed E-state index contributed by atoms with van der Waals surface area (Å²) in [7, 11) is 0. The zero-order valence-corrected chi connectivity index (χ0v) is 12.2. The van der Waals surface area contributed by atoms with Gasteiger partial charge in [-0.1, -0.05) is 25.5 Å². The molecule has 0 aliphatic rings. The number of thiazole rings is 1. The minimum absolute atomic E-state index is 0.635. The largest absolute Gasteiger partial charge is 0.490 e. The maximum atomic E-state index is 5.64. The van der Waals surface area contributed by atoms with Crippen molar-refractivity contribution < 1.29 is 4.74 Å². The molecule has 0 bridgehead atoms. The second-order valence-electron chi connectivity index (χ2n) is 4.37. The predicted octanol–water partition coefficient (Wildman–Crippen LogP) is 4.85. The maximum absolute atomic E-state index is 5.64. The standard InChI is InChI=1S/C16H19NOS/c1-3-4-5-6-11-18-15-9-7-14(8-10-15)16-17-12-13(2)19-16/h5-10,12H,3-4,11H2,1-2H3. The first-order valence-electron chi connectivity index (χ1n) is 6.60. The topological polar surface area (TPSA) is 22.1 Å². The van der Waals surface area contributed by atoms with E-state index in [0.29, 0.717) is 6.61 Å². The van der Waals surface area contributed by atoms with Crippen molar-refractivity contribution in [2.24, 2.45) is 0 Å². The molecule has 2 nitrogen and oxygen atoms in total. The van der Waals surface area contributed by atoms with Crippen molar-refractivity contribution in [1.29, 1.82) is 0 Å². The van der Waals surface area contributed by atoms with Gasteiger partial charge >= 0.3 is 0 Å². The molecule has 2 aromatic rings. The highest BCUT2D eigenvalue weighted by atomic mass is 32.1. The molecular weight excluding hydrogens is 254 g/mol. The Morgan fingerprint density at radius 3 is 2.63 bits per heavy atom. The van der Waals surface area contributed by atoms with Crippen molar-refractivity contribution in [2.75, 3.05) is 6.61 Å².